The monoisotopic (exact) mass is 711 g/mol. The number of ketones is 4. The van der Waals surface area contributed by atoms with Gasteiger partial charge < -0.3 is 41.4 Å². The molecule has 11 atom stereocenters. The lowest BCUT2D eigenvalue weighted by atomic mass is 9.49. The van der Waals surface area contributed by atoms with E-state index >= 15 is 0 Å². The van der Waals surface area contributed by atoms with Gasteiger partial charge >= 0.3 is 12.0 Å². The quantitative estimate of drug-likeness (QED) is 0.0772. The summed E-state index contributed by atoms with van der Waals surface area (Å²) in [5.41, 5.74) is 2.25. The highest BCUT2D eigenvalue weighted by Crippen LogP contribution is 2.56. The van der Waals surface area contributed by atoms with Crippen LogP contribution in [-0.4, -0.2) is 119 Å². The van der Waals surface area contributed by atoms with Crippen LogP contribution in [0, 0.1) is 23.7 Å². The molecule has 0 bridgehead atoms. The molecule has 17 heteroatoms. The van der Waals surface area contributed by atoms with Crippen LogP contribution in [0.15, 0.2) is 12.1 Å². The van der Waals surface area contributed by atoms with Gasteiger partial charge in [-0.25, -0.2) is 4.79 Å². The van der Waals surface area contributed by atoms with Crippen molar-refractivity contribution in [1.29, 1.82) is 0 Å². The molecule has 5 aliphatic rings. The average Bonchev–Trinajstić information content (AvgIpc) is 3.60. The molecule has 0 spiro atoms. The first-order chi connectivity index (χ1) is 24.0. The molecule has 6 rings (SSSR count). The van der Waals surface area contributed by atoms with Crippen LogP contribution in [0.2, 0.25) is 0 Å². The predicted molar refractivity (Wildman–Crippen MR) is 173 cm³/mol. The number of urea groups is 1. The molecule has 1 aromatic rings. The first-order valence-corrected chi connectivity index (χ1v) is 16.9. The van der Waals surface area contributed by atoms with Crippen molar-refractivity contribution in [3.8, 4) is 5.75 Å². The van der Waals surface area contributed by atoms with Gasteiger partial charge in [0.25, 0.3) is 0 Å². The molecule has 11 unspecified atom stereocenters. The van der Waals surface area contributed by atoms with Crippen molar-refractivity contribution < 1.29 is 58.0 Å². The van der Waals surface area contributed by atoms with Crippen molar-refractivity contribution in [2.45, 2.75) is 81.4 Å². The molecule has 2 heterocycles. The number of nitrogens with one attached hydrogen (secondary N) is 3. The Kier molecular flexibility index (Phi) is 9.27. The molecular weight excluding hydrogens is 670 g/mol. The lowest BCUT2D eigenvalue weighted by Gasteiger charge is -2.56. The molecule has 0 radical (unpaired) electrons. The first-order valence-electron chi connectivity index (χ1n) is 16.9. The Bertz CT molecular complexity index is 1750. The smallest absolute Gasteiger partial charge is 0.315 e. The average molecular weight is 712 g/mol. The standard InChI is InChI=1S/C34H41N5O12/c1-12-19-14(36-13(2)40)9-10-16(41)21(19)27(43)22-20(12)29(51-18(42)8-6-5-7-17-25-15(11-50-17)37-33(48)38-25)24-26(39(3)4)28(44)23(32(35)47)31(46)34(24,49)30(22)45/h9-10,12,15,17,20,22-26,29,41,49H,5-8,11H2,1-4H3,(H2,35,47)(H,36,40)(H2,37,38,48). The minimum absolute atomic E-state index is 0.143. The summed E-state index contributed by atoms with van der Waals surface area (Å²) in [6.07, 6.45) is -0.777. The number of anilines is 1. The number of esters is 1. The third kappa shape index (κ3) is 5.67. The fourth-order valence-electron chi connectivity index (χ4n) is 8.95. The van der Waals surface area contributed by atoms with E-state index in [4.69, 9.17) is 15.2 Å². The molecule has 2 aliphatic heterocycles. The van der Waals surface area contributed by atoms with Crippen molar-refractivity contribution in [1.82, 2.24) is 15.5 Å². The first kappa shape index (κ1) is 36.1. The maximum Gasteiger partial charge on any atom is 0.315 e. The number of ether oxygens (including phenoxy) is 2. The number of carbonyl (C=O) groups excluding carboxylic acids is 8. The third-order valence-electron chi connectivity index (χ3n) is 11.1. The van der Waals surface area contributed by atoms with Crippen molar-refractivity contribution in [2.24, 2.45) is 29.4 Å². The van der Waals surface area contributed by atoms with Crippen LogP contribution in [0.5, 0.6) is 5.75 Å². The van der Waals surface area contributed by atoms with E-state index in [9.17, 15) is 48.6 Å². The lowest BCUT2D eigenvalue weighted by molar-refractivity contribution is -0.205. The molecule has 17 nitrogen and oxygen atoms in total. The molecule has 1 aromatic carbocycles. The van der Waals surface area contributed by atoms with Gasteiger partial charge in [-0.1, -0.05) is 13.3 Å². The number of primary amides is 1. The summed E-state index contributed by atoms with van der Waals surface area (Å²) in [6, 6.07) is 0.355. The van der Waals surface area contributed by atoms with Gasteiger partial charge in [0.2, 0.25) is 11.8 Å². The number of likely N-dealkylation sites (N-methyl/N-ethyl adjacent to an activating group) is 1. The second-order valence-corrected chi connectivity index (χ2v) is 14.3. The SMILES string of the molecule is CC(=O)Nc1ccc(O)c2c1C(C)C1C(C2=O)C(=O)C2(O)C(=O)C(C(N)=O)C(=O)C(N(C)C)C2C1OC(=O)CCCCC1OCC2NC(=O)NC21. The van der Waals surface area contributed by atoms with Crippen LogP contribution >= 0.6 is 0 Å². The largest absolute Gasteiger partial charge is 0.507 e. The topological polar surface area (TPSA) is 261 Å². The number of benzene rings is 1. The Balaban J connectivity index is 1.37. The molecule has 2 saturated carbocycles. The summed E-state index contributed by atoms with van der Waals surface area (Å²) in [7, 11) is 2.84. The highest BCUT2D eigenvalue weighted by atomic mass is 16.5. The van der Waals surface area contributed by atoms with Crippen molar-refractivity contribution >= 4 is 52.6 Å². The Morgan fingerprint density at radius 3 is 2.45 bits per heavy atom. The van der Waals surface area contributed by atoms with Crippen LogP contribution in [-0.2, 0) is 38.2 Å². The van der Waals surface area contributed by atoms with Gasteiger partial charge in [0, 0.05) is 24.9 Å². The van der Waals surface area contributed by atoms with E-state index < -0.39 is 94.0 Å². The van der Waals surface area contributed by atoms with Gasteiger partial charge in [0.1, 0.15) is 11.9 Å². The Hall–Kier alpha value is -4.74. The molecular formula is C34H41N5O12. The van der Waals surface area contributed by atoms with Crippen LogP contribution in [0.25, 0.3) is 0 Å². The van der Waals surface area contributed by atoms with Crippen LogP contribution in [0.4, 0.5) is 10.5 Å². The Morgan fingerprint density at radius 2 is 1.80 bits per heavy atom. The van der Waals surface area contributed by atoms with Crippen LogP contribution in [0.3, 0.4) is 0 Å². The summed E-state index contributed by atoms with van der Waals surface area (Å²) in [5, 5.41) is 31.3. The summed E-state index contributed by atoms with van der Waals surface area (Å²) < 4.78 is 11.8. The Morgan fingerprint density at radius 1 is 1.10 bits per heavy atom. The zero-order chi connectivity index (χ0) is 37.3. The van der Waals surface area contributed by atoms with E-state index in [0.717, 1.165) is 6.07 Å². The number of phenolic OH excluding ortho intramolecular Hbond substituents is 1. The number of carbonyl (C=O) groups is 8. The molecule has 2 saturated heterocycles. The van der Waals surface area contributed by atoms with E-state index in [1.807, 2.05) is 0 Å². The number of nitrogens with zero attached hydrogens (tertiary/aromatic N) is 1. The van der Waals surface area contributed by atoms with Gasteiger partial charge in [0.15, 0.2) is 34.7 Å². The van der Waals surface area contributed by atoms with Gasteiger partial charge in [-0.05, 0) is 50.6 Å². The highest BCUT2D eigenvalue weighted by molar-refractivity contribution is 6.32. The van der Waals surface area contributed by atoms with Gasteiger partial charge in [0.05, 0.1) is 48.2 Å². The molecule has 274 valence electrons. The van der Waals surface area contributed by atoms with Crippen LogP contribution in [0.1, 0.15) is 61.4 Å². The third-order valence-corrected chi connectivity index (χ3v) is 11.1. The number of unbranched alkanes of at least 4 members (excludes halogenated alkanes) is 1. The van der Waals surface area contributed by atoms with Gasteiger partial charge in [-0.2, -0.15) is 0 Å². The van der Waals surface area contributed by atoms with Gasteiger partial charge in [-0.15, -0.1) is 0 Å². The fourth-order valence-corrected chi connectivity index (χ4v) is 8.95. The second kappa shape index (κ2) is 13.1. The number of hydrogen-bond donors (Lipinski definition) is 6. The van der Waals surface area contributed by atoms with Crippen molar-refractivity contribution in [3.63, 3.8) is 0 Å². The lowest BCUT2D eigenvalue weighted by Crippen LogP contribution is -2.78. The number of phenols is 1. The molecule has 0 aromatic heterocycles. The number of nitrogens with two attached hydrogens (primary N) is 1. The van der Waals surface area contributed by atoms with E-state index in [-0.39, 0.29) is 47.5 Å². The van der Waals surface area contributed by atoms with E-state index in [1.54, 1.807) is 6.92 Å². The maximum absolute atomic E-state index is 14.5. The van der Waals surface area contributed by atoms with E-state index in [1.165, 1.54) is 32.0 Å². The number of rotatable bonds is 9. The summed E-state index contributed by atoms with van der Waals surface area (Å²) in [4.78, 5) is 108. The number of fused-ring (bicyclic) bond motifs is 4. The highest BCUT2D eigenvalue weighted by Gasteiger charge is 2.74. The summed E-state index contributed by atoms with van der Waals surface area (Å²) in [5.74, 6) is -16.1. The zero-order valence-electron chi connectivity index (χ0n) is 28.5. The van der Waals surface area contributed by atoms with Crippen LogP contribution < -0.4 is 21.7 Å². The zero-order valence-corrected chi connectivity index (χ0v) is 28.5. The number of Topliss-reactive ketones (excluding diaryl/α,β-unsaturated/α-hetero) is 4. The van der Waals surface area contributed by atoms with Crippen molar-refractivity contribution in [3.05, 3.63) is 23.3 Å². The fraction of sp³-hybridized carbons (Fsp3) is 0.588. The number of aliphatic hydroxyl groups is 1. The number of aromatic hydroxyl groups is 1. The maximum atomic E-state index is 14.5. The molecule has 7 N–H and O–H groups in total. The second-order valence-electron chi connectivity index (χ2n) is 14.3. The minimum atomic E-state index is -3.16. The number of amides is 4. The summed E-state index contributed by atoms with van der Waals surface area (Å²) in [6.45, 7) is 3.17. The minimum Gasteiger partial charge on any atom is -0.507 e. The molecule has 51 heavy (non-hydrogen) atoms. The van der Waals surface area contributed by atoms with Gasteiger partial charge in [-0.3, -0.25) is 38.5 Å². The summed E-state index contributed by atoms with van der Waals surface area (Å²) >= 11 is 0. The molecule has 4 amide bonds. The van der Waals surface area contributed by atoms with Crippen molar-refractivity contribution in [2.75, 3.05) is 26.0 Å². The number of hydrogen-bond acceptors (Lipinski definition) is 13. The molecule has 4 fully saturated rings. The Labute approximate surface area is 291 Å². The van der Waals surface area contributed by atoms with E-state index in [0.29, 0.717) is 25.9 Å². The molecule has 3 aliphatic carbocycles. The predicted octanol–water partition coefficient (Wildman–Crippen LogP) is -1.08. The van der Waals surface area contributed by atoms with E-state index in [2.05, 4.69) is 16.0 Å². The normalized spacial score (nSPS) is 35.3.